The van der Waals surface area contributed by atoms with Crippen LogP contribution in [0.25, 0.3) is 0 Å². The van der Waals surface area contributed by atoms with Gasteiger partial charge in [0.05, 0.1) is 0 Å². The van der Waals surface area contributed by atoms with Crippen molar-refractivity contribution in [1.82, 2.24) is 0 Å². The second-order valence-corrected chi connectivity index (χ2v) is 5.50. The molecule has 2 aliphatic heterocycles. The number of ketones is 1. The first-order chi connectivity index (χ1) is 10.9. The van der Waals surface area contributed by atoms with E-state index in [4.69, 9.17) is 9.47 Å². The molecule has 0 saturated heterocycles. The second kappa shape index (κ2) is 4.30. The van der Waals surface area contributed by atoms with E-state index in [2.05, 4.69) is 0 Å². The number of phenolic OH excluding ortho intramolecular Hbond substituents is 3. The summed E-state index contributed by atoms with van der Waals surface area (Å²) in [5, 5.41) is 40.4. The zero-order chi connectivity index (χ0) is 16.4. The molecule has 2 aliphatic rings. The second-order valence-electron chi connectivity index (χ2n) is 5.50. The number of phenols is 3. The van der Waals surface area contributed by atoms with Crippen molar-refractivity contribution in [2.45, 2.75) is 11.7 Å². The van der Waals surface area contributed by atoms with E-state index in [1.54, 1.807) is 0 Å². The lowest BCUT2D eigenvalue weighted by atomic mass is 9.77. The number of fused-ring (bicyclic) bond motifs is 4. The average molecular weight is 316 g/mol. The number of aliphatic hydroxyl groups is 1. The summed E-state index contributed by atoms with van der Waals surface area (Å²) < 4.78 is 11.0. The van der Waals surface area contributed by atoms with Gasteiger partial charge in [-0.25, -0.2) is 0 Å². The van der Waals surface area contributed by atoms with E-state index in [0.717, 1.165) is 6.07 Å². The van der Waals surface area contributed by atoms with Crippen LogP contribution in [0.1, 0.15) is 15.9 Å². The highest BCUT2D eigenvalue weighted by atomic mass is 16.6. The van der Waals surface area contributed by atoms with Crippen molar-refractivity contribution in [2.75, 3.05) is 6.61 Å². The summed E-state index contributed by atoms with van der Waals surface area (Å²) in [6, 6.07) is 6.47. The fraction of sp³-hybridized carbons (Fsp3) is 0.188. The van der Waals surface area contributed by atoms with Gasteiger partial charge in [-0.05, 0) is 6.07 Å². The minimum atomic E-state index is -2.10. The molecule has 0 bridgehead atoms. The molecule has 7 heteroatoms. The van der Waals surface area contributed by atoms with Crippen LogP contribution in [0, 0.1) is 0 Å². The monoisotopic (exact) mass is 316 g/mol. The smallest absolute Gasteiger partial charge is 0.210 e. The Labute approximate surface area is 130 Å². The number of aromatic hydroxyl groups is 3. The number of carbonyl (C=O) groups excluding carboxylic acids is 1. The van der Waals surface area contributed by atoms with Crippen molar-refractivity contribution < 1.29 is 34.7 Å². The highest BCUT2D eigenvalue weighted by molar-refractivity contribution is 6.09. The molecule has 0 aromatic heterocycles. The summed E-state index contributed by atoms with van der Waals surface area (Å²) in [6.07, 6.45) is -1.07. The molecular weight excluding hydrogens is 304 g/mol. The maximum Gasteiger partial charge on any atom is 0.210 e. The SMILES string of the molecule is O=C1c2c(O)cc(O)cc2O[C@H]2COc3c(O)cccc3[C@@]12O. The van der Waals surface area contributed by atoms with E-state index in [9.17, 15) is 25.2 Å². The van der Waals surface area contributed by atoms with Gasteiger partial charge in [0.2, 0.25) is 5.78 Å². The number of para-hydroxylation sites is 1. The number of ether oxygens (including phenoxy) is 2. The lowest BCUT2D eigenvalue weighted by Crippen LogP contribution is -2.57. The van der Waals surface area contributed by atoms with Crippen molar-refractivity contribution in [3.8, 4) is 28.7 Å². The molecule has 0 spiro atoms. The topological polar surface area (TPSA) is 116 Å². The molecule has 23 heavy (non-hydrogen) atoms. The summed E-state index contributed by atoms with van der Waals surface area (Å²) in [6.45, 7) is -0.178. The summed E-state index contributed by atoms with van der Waals surface area (Å²) in [5.74, 6) is -1.78. The molecule has 0 amide bonds. The van der Waals surface area contributed by atoms with Crippen LogP contribution in [0.3, 0.4) is 0 Å². The number of hydrogen-bond acceptors (Lipinski definition) is 7. The Balaban J connectivity index is 1.97. The van der Waals surface area contributed by atoms with Gasteiger partial charge in [0.25, 0.3) is 0 Å². The Morgan fingerprint density at radius 3 is 2.70 bits per heavy atom. The van der Waals surface area contributed by atoms with Crippen LogP contribution in [-0.2, 0) is 5.60 Å². The Hall–Kier alpha value is -2.93. The molecule has 2 aromatic rings. The Morgan fingerprint density at radius 1 is 1.13 bits per heavy atom. The van der Waals surface area contributed by atoms with Crippen molar-refractivity contribution in [1.29, 1.82) is 0 Å². The van der Waals surface area contributed by atoms with Gasteiger partial charge in [0, 0.05) is 17.7 Å². The molecule has 4 N–H and O–H groups in total. The number of rotatable bonds is 0. The Bertz CT molecular complexity index is 845. The number of hydrogen-bond donors (Lipinski definition) is 4. The van der Waals surface area contributed by atoms with Gasteiger partial charge in [-0.1, -0.05) is 12.1 Å². The molecule has 2 atom stereocenters. The third-order valence-electron chi connectivity index (χ3n) is 4.16. The largest absolute Gasteiger partial charge is 0.508 e. The first kappa shape index (κ1) is 13.7. The Kier molecular flexibility index (Phi) is 2.56. The molecule has 2 aromatic carbocycles. The fourth-order valence-corrected chi connectivity index (χ4v) is 3.07. The van der Waals surface area contributed by atoms with Gasteiger partial charge in [0.1, 0.15) is 29.4 Å². The van der Waals surface area contributed by atoms with Gasteiger partial charge in [0.15, 0.2) is 23.2 Å². The van der Waals surface area contributed by atoms with Crippen LogP contribution >= 0.6 is 0 Å². The summed E-state index contributed by atoms with van der Waals surface area (Å²) in [4.78, 5) is 12.9. The van der Waals surface area contributed by atoms with Crippen molar-refractivity contribution in [2.24, 2.45) is 0 Å². The summed E-state index contributed by atoms with van der Waals surface area (Å²) in [5.41, 5.74) is -2.26. The molecule has 4 rings (SSSR count). The van der Waals surface area contributed by atoms with Crippen molar-refractivity contribution in [3.05, 3.63) is 41.5 Å². The van der Waals surface area contributed by atoms with Crippen LogP contribution in [0.5, 0.6) is 28.7 Å². The van der Waals surface area contributed by atoms with Gasteiger partial charge < -0.3 is 29.9 Å². The molecule has 0 unspecified atom stereocenters. The lowest BCUT2D eigenvalue weighted by Gasteiger charge is -2.43. The maximum atomic E-state index is 12.9. The molecule has 0 fully saturated rings. The van der Waals surface area contributed by atoms with Crippen LogP contribution < -0.4 is 9.47 Å². The van der Waals surface area contributed by atoms with E-state index >= 15 is 0 Å². The van der Waals surface area contributed by atoms with Crippen LogP contribution in [-0.4, -0.2) is 38.9 Å². The Morgan fingerprint density at radius 2 is 1.91 bits per heavy atom. The number of Topliss-reactive ketones (excluding diaryl/α,β-unsaturated/α-hetero) is 1. The van der Waals surface area contributed by atoms with Gasteiger partial charge in [-0.3, -0.25) is 4.79 Å². The minimum absolute atomic E-state index is 0.00455. The zero-order valence-electron chi connectivity index (χ0n) is 11.7. The molecule has 7 nitrogen and oxygen atoms in total. The van der Waals surface area contributed by atoms with E-state index in [-0.39, 0.29) is 40.7 Å². The molecule has 0 saturated carbocycles. The van der Waals surface area contributed by atoms with Crippen LogP contribution in [0.15, 0.2) is 30.3 Å². The highest BCUT2D eigenvalue weighted by Crippen LogP contribution is 2.50. The minimum Gasteiger partial charge on any atom is -0.508 e. The summed E-state index contributed by atoms with van der Waals surface area (Å²) >= 11 is 0. The fourth-order valence-electron chi connectivity index (χ4n) is 3.07. The van der Waals surface area contributed by atoms with Gasteiger partial charge in [-0.2, -0.15) is 0 Å². The normalized spacial score (nSPS) is 24.7. The molecule has 2 heterocycles. The predicted octanol–water partition coefficient (Wildman–Crippen LogP) is 1.03. The number of carbonyl (C=O) groups is 1. The van der Waals surface area contributed by atoms with Crippen molar-refractivity contribution in [3.63, 3.8) is 0 Å². The third-order valence-corrected chi connectivity index (χ3v) is 4.16. The maximum absolute atomic E-state index is 12.9. The standard InChI is InChI=1S/C16H12O7/c17-7-4-10(19)13-11(5-7)23-12-6-22-14-8(2-1-3-9(14)18)16(12,21)15(13)20/h1-5,12,17-19,21H,6H2/t12-,16-/m0/s1. The van der Waals surface area contributed by atoms with Crippen LogP contribution in [0.4, 0.5) is 0 Å². The van der Waals surface area contributed by atoms with Crippen molar-refractivity contribution >= 4 is 5.78 Å². The molecule has 118 valence electrons. The zero-order valence-corrected chi connectivity index (χ0v) is 11.7. The van der Waals surface area contributed by atoms with E-state index < -0.39 is 23.2 Å². The predicted molar refractivity (Wildman–Crippen MR) is 76.0 cm³/mol. The lowest BCUT2D eigenvalue weighted by molar-refractivity contribution is -0.0806. The average Bonchev–Trinajstić information content (AvgIpc) is 2.49. The molecule has 0 aliphatic carbocycles. The molecule has 0 radical (unpaired) electrons. The highest BCUT2D eigenvalue weighted by Gasteiger charge is 2.56. The number of benzene rings is 2. The quantitative estimate of drug-likeness (QED) is 0.573. The van der Waals surface area contributed by atoms with Gasteiger partial charge in [-0.15, -0.1) is 0 Å². The van der Waals surface area contributed by atoms with Crippen LogP contribution in [0.2, 0.25) is 0 Å². The molecular formula is C16H12O7. The van der Waals surface area contributed by atoms with E-state index in [1.807, 2.05) is 0 Å². The first-order valence-electron chi connectivity index (χ1n) is 6.88. The third kappa shape index (κ3) is 1.65. The first-order valence-corrected chi connectivity index (χ1v) is 6.88. The summed E-state index contributed by atoms with van der Waals surface area (Å²) in [7, 11) is 0. The van der Waals surface area contributed by atoms with E-state index in [0.29, 0.717) is 0 Å². The van der Waals surface area contributed by atoms with Gasteiger partial charge >= 0.3 is 0 Å². The van der Waals surface area contributed by atoms with E-state index in [1.165, 1.54) is 24.3 Å².